The molecule has 0 bridgehead atoms. The molecule has 0 aliphatic carbocycles. The molecule has 3 N–H and O–H groups in total. The second kappa shape index (κ2) is 7.84. The van der Waals surface area contributed by atoms with Crippen LogP contribution in [0.5, 0.6) is 0 Å². The lowest BCUT2D eigenvalue weighted by atomic mass is 10.2. The van der Waals surface area contributed by atoms with E-state index in [9.17, 15) is 18.0 Å². The van der Waals surface area contributed by atoms with Crippen molar-refractivity contribution in [3.63, 3.8) is 0 Å². The van der Waals surface area contributed by atoms with Gasteiger partial charge >= 0.3 is 6.18 Å². The summed E-state index contributed by atoms with van der Waals surface area (Å²) in [6.45, 7) is -2.03. The number of nitrogens with two attached hydrogens (primary N) is 1. The van der Waals surface area contributed by atoms with Gasteiger partial charge in [0, 0.05) is 6.54 Å². The zero-order chi connectivity index (χ0) is 15.9. The Labute approximate surface area is 120 Å². The average molecular weight is 306 g/mol. The van der Waals surface area contributed by atoms with E-state index in [0.717, 1.165) is 0 Å². The molecule has 0 aliphatic rings. The molecule has 0 atom stereocenters. The van der Waals surface area contributed by atoms with Gasteiger partial charge in [-0.3, -0.25) is 4.79 Å². The zero-order valence-electron chi connectivity index (χ0n) is 11.3. The van der Waals surface area contributed by atoms with E-state index in [4.69, 9.17) is 10.8 Å². The first-order valence-electron chi connectivity index (χ1n) is 6.25. The van der Waals surface area contributed by atoms with Crippen LogP contribution in [0.15, 0.2) is 24.3 Å². The maximum atomic E-state index is 12.0. The van der Waals surface area contributed by atoms with Gasteiger partial charge in [0.2, 0.25) is 5.91 Å². The molecule has 0 aromatic heterocycles. The second-order valence-corrected chi connectivity index (χ2v) is 4.25. The van der Waals surface area contributed by atoms with Crippen LogP contribution in [0.4, 0.5) is 24.5 Å². The van der Waals surface area contributed by atoms with Crippen molar-refractivity contribution in [3.05, 3.63) is 24.3 Å². The van der Waals surface area contributed by atoms with Gasteiger partial charge < -0.3 is 20.5 Å². The average Bonchev–Trinajstić information content (AvgIpc) is 2.41. The van der Waals surface area contributed by atoms with Crippen LogP contribution in [0.2, 0.25) is 0 Å². The lowest BCUT2D eigenvalue weighted by molar-refractivity contribution is -0.174. The zero-order valence-corrected chi connectivity index (χ0v) is 11.3. The third-order valence-electron chi connectivity index (χ3n) is 2.58. The summed E-state index contributed by atoms with van der Waals surface area (Å²) in [6.07, 6.45) is -4.65. The van der Waals surface area contributed by atoms with Crippen molar-refractivity contribution in [2.75, 3.05) is 37.0 Å². The number of hydrogen-bond acceptors (Lipinski definition) is 4. The molecule has 1 amide bonds. The number of amides is 1. The summed E-state index contributed by atoms with van der Waals surface area (Å²) in [5.74, 6) is -0.468. The molecule has 0 spiro atoms. The number of carbonyl (C=O) groups is 1. The molecular weight excluding hydrogens is 289 g/mol. The third kappa shape index (κ3) is 6.01. The molecule has 0 unspecified atom stereocenters. The van der Waals surface area contributed by atoms with Crippen LogP contribution >= 0.6 is 0 Å². The van der Waals surface area contributed by atoms with Gasteiger partial charge in [-0.2, -0.15) is 13.2 Å². The highest BCUT2D eigenvalue weighted by molar-refractivity contribution is 5.96. The highest BCUT2D eigenvalue weighted by Gasteiger charge is 2.27. The van der Waals surface area contributed by atoms with Crippen LogP contribution in [-0.4, -0.2) is 43.6 Å². The lowest BCUT2D eigenvalue weighted by Crippen LogP contribution is -2.35. The minimum atomic E-state index is -4.42. The van der Waals surface area contributed by atoms with Gasteiger partial charge in [-0.05, 0) is 12.1 Å². The molecule has 0 heterocycles. The van der Waals surface area contributed by atoms with Crippen LogP contribution < -0.4 is 10.6 Å². The lowest BCUT2D eigenvalue weighted by Gasteiger charge is -2.23. The fourth-order valence-electron chi connectivity index (χ4n) is 1.70. The minimum absolute atomic E-state index is 0.00627. The number of nitrogens with zero attached hydrogens (tertiary/aromatic N) is 1. The number of halogens is 3. The molecule has 1 aromatic rings. The molecule has 0 saturated heterocycles. The Balaban J connectivity index is 2.61. The number of benzene rings is 1. The quantitative estimate of drug-likeness (QED) is 0.592. The largest absolute Gasteiger partial charge is 0.411 e. The smallest absolute Gasteiger partial charge is 0.397 e. The van der Waals surface area contributed by atoms with Gasteiger partial charge in [0.1, 0.15) is 6.61 Å². The second-order valence-electron chi connectivity index (χ2n) is 4.25. The van der Waals surface area contributed by atoms with E-state index in [-0.39, 0.29) is 26.2 Å². The number of hydrogen-bond donors (Lipinski definition) is 2. The number of para-hydroxylation sites is 2. The number of aliphatic hydroxyl groups excluding tert-OH is 1. The highest BCUT2D eigenvalue weighted by atomic mass is 19.4. The van der Waals surface area contributed by atoms with E-state index in [2.05, 4.69) is 4.74 Å². The van der Waals surface area contributed by atoms with Crippen LogP contribution in [-0.2, 0) is 9.53 Å². The van der Waals surface area contributed by atoms with Crippen molar-refractivity contribution < 1.29 is 27.8 Å². The summed E-state index contributed by atoms with van der Waals surface area (Å²) >= 11 is 0. The summed E-state index contributed by atoms with van der Waals surface area (Å²) in [4.78, 5) is 13.2. The number of alkyl halides is 3. The highest BCUT2D eigenvalue weighted by Crippen LogP contribution is 2.23. The fraction of sp³-hybridized carbons (Fsp3) is 0.462. The predicted molar refractivity (Wildman–Crippen MR) is 71.8 cm³/mol. The first-order valence-corrected chi connectivity index (χ1v) is 6.25. The Hall–Kier alpha value is -1.80. The van der Waals surface area contributed by atoms with Crippen LogP contribution in [0.1, 0.15) is 6.42 Å². The Morgan fingerprint density at radius 1 is 1.33 bits per heavy atom. The van der Waals surface area contributed by atoms with Gasteiger partial charge in [0.25, 0.3) is 0 Å². The predicted octanol–water partition coefficient (Wildman–Crippen LogP) is 1.56. The van der Waals surface area contributed by atoms with E-state index in [1.165, 1.54) is 4.90 Å². The summed E-state index contributed by atoms with van der Waals surface area (Å²) in [5, 5.41) is 9.00. The van der Waals surface area contributed by atoms with E-state index in [0.29, 0.717) is 11.4 Å². The third-order valence-corrected chi connectivity index (χ3v) is 2.58. The first-order chi connectivity index (χ1) is 9.85. The van der Waals surface area contributed by atoms with Crippen molar-refractivity contribution in [2.24, 2.45) is 0 Å². The number of carbonyl (C=O) groups excluding carboxylic acids is 1. The summed E-state index contributed by atoms with van der Waals surface area (Å²) in [6, 6.07) is 6.54. The summed E-state index contributed by atoms with van der Waals surface area (Å²) in [7, 11) is 0. The molecule has 21 heavy (non-hydrogen) atoms. The van der Waals surface area contributed by atoms with Crippen LogP contribution in [0.25, 0.3) is 0 Å². The van der Waals surface area contributed by atoms with Gasteiger partial charge in [-0.1, -0.05) is 12.1 Å². The normalized spacial score (nSPS) is 11.4. The molecule has 5 nitrogen and oxygen atoms in total. The topological polar surface area (TPSA) is 75.8 Å². The summed E-state index contributed by atoms with van der Waals surface area (Å²) in [5.41, 5.74) is 6.50. The van der Waals surface area contributed by atoms with Crippen molar-refractivity contribution in [1.29, 1.82) is 0 Å². The van der Waals surface area contributed by atoms with E-state index in [1.807, 2.05) is 0 Å². The van der Waals surface area contributed by atoms with Crippen LogP contribution in [0.3, 0.4) is 0 Å². The molecule has 0 aliphatic heterocycles. The monoisotopic (exact) mass is 306 g/mol. The Kier molecular flexibility index (Phi) is 6.44. The molecule has 0 radical (unpaired) electrons. The van der Waals surface area contributed by atoms with Crippen molar-refractivity contribution in [1.82, 2.24) is 0 Å². The number of ether oxygens (including phenoxy) is 1. The maximum absolute atomic E-state index is 12.0. The number of anilines is 2. The molecular formula is C13H17F3N2O3. The van der Waals surface area contributed by atoms with Crippen molar-refractivity contribution >= 4 is 17.3 Å². The number of nitrogen functional groups attached to an aromatic ring is 1. The van der Waals surface area contributed by atoms with E-state index < -0.39 is 18.7 Å². The van der Waals surface area contributed by atoms with Gasteiger partial charge in [-0.25, -0.2) is 0 Å². The maximum Gasteiger partial charge on any atom is 0.411 e. The van der Waals surface area contributed by atoms with Gasteiger partial charge in [-0.15, -0.1) is 0 Å². The Morgan fingerprint density at radius 3 is 2.57 bits per heavy atom. The molecule has 0 fully saturated rings. The van der Waals surface area contributed by atoms with Gasteiger partial charge in [0.05, 0.1) is 31.0 Å². The van der Waals surface area contributed by atoms with Crippen LogP contribution in [0, 0.1) is 0 Å². The van der Waals surface area contributed by atoms with E-state index >= 15 is 0 Å². The Morgan fingerprint density at radius 2 is 2.00 bits per heavy atom. The SMILES string of the molecule is Nc1ccccc1N(CCO)C(=O)CCOCC(F)(F)F. The number of aliphatic hydroxyl groups is 1. The minimum Gasteiger partial charge on any atom is -0.397 e. The van der Waals surface area contributed by atoms with Crippen molar-refractivity contribution in [3.8, 4) is 0 Å². The van der Waals surface area contributed by atoms with E-state index in [1.54, 1.807) is 24.3 Å². The van der Waals surface area contributed by atoms with Gasteiger partial charge in [0.15, 0.2) is 0 Å². The molecule has 1 aromatic carbocycles. The number of rotatable bonds is 7. The molecule has 118 valence electrons. The summed E-state index contributed by atoms with van der Waals surface area (Å²) < 4.78 is 40.1. The fourth-order valence-corrected chi connectivity index (χ4v) is 1.70. The van der Waals surface area contributed by atoms with Crippen molar-refractivity contribution in [2.45, 2.75) is 12.6 Å². The standard InChI is InChI=1S/C13H17F3N2O3/c14-13(15,16)9-21-8-5-12(20)18(6-7-19)11-4-2-1-3-10(11)17/h1-4,19H,5-9,17H2. The first kappa shape index (κ1) is 17.3. The molecule has 1 rings (SSSR count). The Bertz CT molecular complexity index is 466. The molecule has 8 heteroatoms. The molecule has 0 saturated carbocycles.